The van der Waals surface area contributed by atoms with Crippen LogP contribution < -0.4 is 0 Å². The van der Waals surface area contributed by atoms with Gasteiger partial charge in [0, 0.05) is 35.5 Å². The van der Waals surface area contributed by atoms with Gasteiger partial charge in [0.25, 0.3) is 0 Å². The maximum atomic E-state index is 6.62. The lowest BCUT2D eigenvalue weighted by atomic mass is 9.88. The second-order valence-electron chi connectivity index (χ2n) is 12.7. The molecule has 0 aromatic carbocycles. The van der Waals surface area contributed by atoms with Crippen molar-refractivity contribution in [3.63, 3.8) is 0 Å². The van der Waals surface area contributed by atoms with Crippen molar-refractivity contribution in [2.45, 2.75) is 72.8 Å². The van der Waals surface area contributed by atoms with E-state index in [9.17, 15) is 0 Å². The molecule has 4 saturated heterocycles. The molecule has 0 N–H and O–H groups in total. The Kier molecular flexibility index (Phi) is 7.05. The van der Waals surface area contributed by atoms with E-state index >= 15 is 0 Å². The maximum absolute atomic E-state index is 6.62. The second-order valence-corrected chi connectivity index (χ2v) is 12.7. The van der Waals surface area contributed by atoms with Crippen molar-refractivity contribution in [1.82, 2.24) is 0 Å². The predicted molar refractivity (Wildman–Crippen MR) is 156 cm³/mol. The highest BCUT2D eigenvalue weighted by atomic mass is 17.1. The van der Waals surface area contributed by atoms with Crippen molar-refractivity contribution >= 4 is 11.4 Å². The van der Waals surface area contributed by atoms with Crippen LogP contribution in [0, 0.1) is 0 Å². The van der Waals surface area contributed by atoms with Crippen LogP contribution in [0.4, 0.5) is 0 Å². The molecule has 0 saturated carbocycles. The van der Waals surface area contributed by atoms with Crippen molar-refractivity contribution in [3.8, 4) is 0 Å². The molecule has 4 aliphatic heterocycles. The van der Waals surface area contributed by atoms with Gasteiger partial charge < -0.3 is 18.9 Å². The summed E-state index contributed by atoms with van der Waals surface area (Å²) < 4.78 is 42.2. The van der Waals surface area contributed by atoms with Crippen LogP contribution in [-0.4, -0.2) is 90.5 Å². The third-order valence-electron chi connectivity index (χ3n) is 8.55. The fourth-order valence-electron chi connectivity index (χ4n) is 6.65. The van der Waals surface area contributed by atoms with Crippen LogP contribution in [0.25, 0.3) is 0 Å². The molecule has 0 bridgehead atoms. The Bertz CT molecular complexity index is 1260. The van der Waals surface area contributed by atoms with Crippen LogP contribution in [0.5, 0.6) is 0 Å². The zero-order chi connectivity index (χ0) is 29.2. The monoisotopic (exact) mass is 564 g/mol. The minimum atomic E-state index is -1.67. The summed E-state index contributed by atoms with van der Waals surface area (Å²) >= 11 is 0. The number of rotatable bonds is 0. The standard InChI is InChI=1S/C33H44N2O6/c1-21-17-25(34-9-13-36-14-10-34)18-22(2)27(21)29-31(5,6)40-33(38-29)39-30(32(7,8)41-33)28-23(3)19-26(20-24(28)4)35-11-15-37-16-12-35/h17-20H,9-16H2,1-8H3/q+2. The van der Waals surface area contributed by atoms with Crippen LogP contribution >= 0.6 is 0 Å². The second kappa shape index (κ2) is 10.2. The summed E-state index contributed by atoms with van der Waals surface area (Å²) in [5.41, 5.74) is 7.44. The van der Waals surface area contributed by atoms with Crippen molar-refractivity contribution in [3.05, 3.63) is 69.3 Å². The molecule has 0 aromatic heterocycles. The van der Waals surface area contributed by atoms with Gasteiger partial charge in [-0.25, -0.2) is 9.15 Å². The Balaban J connectivity index is 1.35. The third kappa shape index (κ3) is 5.09. The predicted octanol–water partition coefficient (Wildman–Crippen LogP) is 4.54. The smallest absolute Gasteiger partial charge is 0.407 e. The van der Waals surface area contributed by atoms with Crippen molar-refractivity contribution in [2.24, 2.45) is 0 Å². The van der Waals surface area contributed by atoms with Gasteiger partial charge in [0.2, 0.25) is 11.4 Å². The minimum Gasteiger partial charge on any atom is -0.407 e. The molecule has 41 heavy (non-hydrogen) atoms. The normalized spacial score (nSPS) is 27.5. The Hall–Kier alpha value is -2.78. The minimum absolute atomic E-state index is 0.717. The Labute approximate surface area is 243 Å². The largest absolute Gasteiger partial charge is 0.511 e. The van der Waals surface area contributed by atoms with E-state index in [4.69, 9.17) is 28.4 Å². The quantitative estimate of drug-likeness (QED) is 0.403. The number of hydrogen-bond donors (Lipinski definition) is 0. The van der Waals surface area contributed by atoms with E-state index in [1.807, 2.05) is 27.7 Å². The highest BCUT2D eigenvalue weighted by Gasteiger charge is 2.64. The van der Waals surface area contributed by atoms with Crippen LogP contribution in [0.3, 0.4) is 0 Å². The average Bonchev–Trinajstić information content (AvgIpc) is 3.32. The molecule has 2 aliphatic carbocycles. The summed E-state index contributed by atoms with van der Waals surface area (Å²) in [6, 6.07) is 0. The Morgan fingerprint density at radius 2 is 0.854 bits per heavy atom. The molecule has 8 nitrogen and oxygen atoms in total. The van der Waals surface area contributed by atoms with E-state index in [0.29, 0.717) is 11.5 Å². The van der Waals surface area contributed by atoms with Crippen LogP contribution in [-0.2, 0) is 28.4 Å². The van der Waals surface area contributed by atoms with Gasteiger partial charge in [-0.15, -0.1) is 0 Å². The van der Waals surface area contributed by atoms with E-state index in [-0.39, 0.29) is 0 Å². The van der Waals surface area contributed by atoms with Crippen LogP contribution in [0.2, 0.25) is 0 Å². The summed E-state index contributed by atoms with van der Waals surface area (Å²) in [7, 11) is 0. The molecule has 0 amide bonds. The van der Waals surface area contributed by atoms with Gasteiger partial charge in [0.15, 0.2) is 26.2 Å². The molecule has 6 rings (SSSR count). The number of ether oxygens (including phenoxy) is 6. The average molecular weight is 565 g/mol. The van der Waals surface area contributed by atoms with Crippen molar-refractivity contribution in [2.75, 3.05) is 52.6 Å². The number of allylic oxidation sites excluding steroid dienone is 10. The van der Waals surface area contributed by atoms with Gasteiger partial charge in [0.05, 0.1) is 0 Å². The molecule has 0 atom stereocenters. The van der Waals surface area contributed by atoms with Gasteiger partial charge in [-0.2, -0.15) is 0 Å². The molecule has 8 heteroatoms. The zero-order valence-electron chi connectivity index (χ0n) is 25.8. The summed E-state index contributed by atoms with van der Waals surface area (Å²) in [6.07, 6.45) is 7.25. The summed E-state index contributed by atoms with van der Waals surface area (Å²) in [5.74, 6) is 1.43. The molecule has 0 radical (unpaired) electrons. The first kappa shape index (κ1) is 28.3. The van der Waals surface area contributed by atoms with Crippen molar-refractivity contribution in [1.29, 1.82) is 0 Å². The Morgan fingerprint density at radius 3 is 1.17 bits per heavy atom. The molecule has 4 heterocycles. The first-order chi connectivity index (χ1) is 19.4. The SMILES string of the molecule is CC1=CC(=[N+]2CCOCC2)C=C(C)C1=C1OC2(OC(=C3C(C)=CC(=[N+]4CCOCC4)C=C3C)C(C)(C)O2)OC1(C)C. The number of hydrogen-bond acceptors (Lipinski definition) is 6. The summed E-state index contributed by atoms with van der Waals surface area (Å²) in [6.45, 7) is 23.1. The van der Waals surface area contributed by atoms with Gasteiger partial charge in [0.1, 0.15) is 49.1 Å². The first-order valence-corrected chi connectivity index (χ1v) is 14.8. The molecular formula is C33H44N2O6+2. The fraction of sp³-hybridized carbons (Fsp3) is 0.576. The van der Waals surface area contributed by atoms with Crippen LogP contribution in [0.15, 0.2) is 69.3 Å². The lowest BCUT2D eigenvalue weighted by Gasteiger charge is -2.22. The Morgan fingerprint density at radius 1 is 0.537 bits per heavy atom. The van der Waals surface area contributed by atoms with Gasteiger partial charge in [-0.1, -0.05) is 0 Å². The highest BCUT2D eigenvalue weighted by molar-refractivity contribution is 6.04. The molecule has 1 spiro atoms. The van der Waals surface area contributed by atoms with E-state index < -0.39 is 17.4 Å². The topological polar surface area (TPSA) is 61.4 Å². The van der Waals surface area contributed by atoms with E-state index in [1.54, 1.807) is 0 Å². The zero-order valence-corrected chi connectivity index (χ0v) is 25.8. The highest BCUT2D eigenvalue weighted by Crippen LogP contribution is 2.53. The molecule has 0 unspecified atom stereocenters. The fourth-order valence-corrected chi connectivity index (χ4v) is 6.65. The molecular weight excluding hydrogens is 520 g/mol. The van der Waals surface area contributed by atoms with Gasteiger partial charge in [-0.3, -0.25) is 9.47 Å². The summed E-state index contributed by atoms with van der Waals surface area (Å²) in [5, 5.41) is 0. The van der Waals surface area contributed by atoms with Crippen LogP contribution in [0.1, 0.15) is 55.4 Å². The maximum Gasteiger partial charge on any atom is 0.511 e. The lowest BCUT2D eigenvalue weighted by molar-refractivity contribution is -0.548. The van der Waals surface area contributed by atoms with Gasteiger partial charge in [-0.05, 0) is 77.7 Å². The molecule has 0 aromatic rings. The number of nitrogens with zero attached hydrogens (tertiary/aromatic N) is 2. The number of morpholine rings is 2. The molecule has 4 fully saturated rings. The van der Waals surface area contributed by atoms with Crippen molar-refractivity contribution < 1.29 is 37.6 Å². The summed E-state index contributed by atoms with van der Waals surface area (Å²) in [4.78, 5) is 0. The van der Waals surface area contributed by atoms with E-state index in [0.717, 1.165) is 86.0 Å². The molecule has 6 aliphatic rings. The lowest BCUT2D eigenvalue weighted by Crippen LogP contribution is -2.36. The molecule has 220 valence electrons. The van der Waals surface area contributed by atoms with E-state index in [1.165, 1.54) is 11.4 Å². The third-order valence-corrected chi connectivity index (χ3v) is 8.55. The first-order valence-electron chi connectivity index (χ1n) is 14.8. The van der Waals surface area contributed by atoms with Gasteiger partial charge >= 0.3 is 6.16 Å². The van der Waals surface area contributed by atoms with E-state index in [2.05, 4.69) is 61.2 Å².